The highest BCUT2D eigenvalue weighted by Crippen LogP contribution is 2.47. The average Bonchev–Trinajstić information content (AvgIpc) is 3.25. The largest absolute Gasteiger partial charge is 0.245 e. The first kappa shape index (κ1) is 30.5. The molecule has 0 bridgehead atoms. The summed E-state index contributed by atoms with van der Waals surface area (Å²) < 4.78 is 0. The van der Waals surface area contributed by atoms with Crippen molar-refractivity contribution in [2.45, 2.75) is 0 Å². The van der Waals surface area contributed by atoms with E-state index in [-0.39, 0.29) is 0 Å². The van der Waals surface area contributed by atoms with Crippen molar-refractivity contribution in [3.63, 3.8) is 0 Å². The molecule has 0 aliphatic heterocycles. The number of aromatic nitrogens is 2. The van der Waals surface area contributed by atoms with Crippen LogP contribution in [0.5, 0.6) is 0 Å². The SMILES string of the molecule is c1ccc(-c2ccc3ccc4ccc(-c5ccc(-c6c7ccccc7c(-c7c8ccccc8cc8ccccc78)c7ccccc67)cc5)nc4c3n2)cc1. The second-order valence-corrected chi connectivity index (χ2v) is 14.1. The Bertz CT molecular complexity index is 3140. The molecule has 0 aliphatic carbocycles. The van der Waals surface area contributed by atoms with E-state index in [1.54, 1.807) is 0 Å². The quantitative estimate of drug-likeness (QED) is 0.136. The Kier molecular flexibility index (Phi) is 6.90. The maximum absolute atomic E-state index is 5.24. The van der Waals surface area contributed by atoms with Crippen LogP contribution >= 0.6 is 0 Å². The minimum Gasteiger partial charge on any atom is -0.245 e. The number of fused-ring (bicyclic) bond motifs is 7. The fourth-order valence-electron chi connectivity index (χ4n) is 8.50. The predicted molar refractivity (Wildman–Crippen MR) is 229 cm³/mol. The lowest BCUT2D eigenvalue weighted by Crippen LogP contribution is -1.93. The van der Waals surface area contributed by atoms with Crippen LogP contribution in [0.3, 0.4) is 0 Å². The lowest BCUT2D eigenvalue weighted by molar-refractivity contribution is 1.36. The molecule has 0 unspecified atom stereocenters. The highest BCUT2D eigenvalue weighted by Gasteiger charge is 2.20. The molecule has 0 radical (unpaired) electrons. The van der Waals surface area contributed by atoms with E-state index in [9.17, 15) is 0 Å². The van der Waals surface area contributed by atoms with E-state index in [4.69, 9.17) is 9.97 Å². The summed E-state index contributed by atoms with van der Waals surface area (Å²) in [6.45, 7) is 0. The summed E-state index contributed by atoms with van der Waals surface area (Å²) in [5.74, 6) is 0. The van der Waals surface area contributed by atoms with Gasteiger partial charge in [0.15, 0.2) is 0 Å². The lowest BCUT2D eigenvalue weighted by Gasteiger charge is -2.20. The zero-order valence-electron chi connectivity index (χ0n) is 29.4. The normalized spacial score (nSPS) is 11.7. The van der Waals surface area contributed by atoms with Gasteiger partial charge in [-0.15, -0.1) is 0 Å². The smallest absolute Gasteiger partial charge is 0.0972 e. The van der Waals surface area contributed by atoms with E-state index in [2.05, 4.69) is 188 Å². The van der Waals surface area contributed by atoms with E-state index in [0.29, 0.717) is 0 Å². The van der Waals surface area contributed by atoms with Gasteiger partial charge < -0.3 is 0 Å². The Morgan fingerprint density at radius 2 is 0.611 bits per heavy atom. The first-order valence-electron chi connectivity index (χ1n) is 18.5. The number of pyridine rings is 2. The molecule has 0 aliphatic rings. The van der Waals surface area contributed by atoms with Gasteiger partial charge in [-0.25, -0.2) is 9.97 Å². The van der Waals surface area contributed by atoms with Gasteiger partial charge >= 0.3 is 0 Å². The molecule has 2 heterocycles. The zero-order chi connectivity index (χ0) is 35.6. The van der Waals surface area contributed by atoms with Crippen molar-refractivity contribution < 1.29 is 0 Å². The van der Waals surface area contributed by atoms with Gasteiger partial charge in [-0.1, -0.05) is 176 Å². The Hall–Kier alpha value is -7.16. The van der Waals surface area contributed by atoms with Crippen molar-refractivity contribution in [3.05, 3.63) is 194 Å². The monoisotopic (exact) mass is 684 g/mol. The number of rotatable bonds is 4. The zero-order valence-corrected chi connectivity index (χ0v) is 29.4. The lowest BCUT2D eigenvalue weighted by atomic mass is 9.83. The standard InChI is InChI=1S/C52H32N2/c1-2-12-33(13-3-1)46-30-28-36-26-27-37-29-31-47(54-52(37)51(36)53-46)34-22-24-35(25-23-34)48-42-18-8-10-20-44(42)50(45-21-11-9-19-43(45)48)49-40-16-6-4-14-38(40)32-39-15-5-7-17-41(39)49/h1-32H. The molecule has 0 atom stereocenters. The fourth-order valence-corrected chi connectivity index (χ4v) is 8.50. The Labute approximate surface area is 312 Å². The number of hydrogen-bond donors (Lipinski definition) is 0. The van der Waals surface area contributed by atoms with E-state index in [1.165, 1.54) is 65.3 Å². The third-order valence-electron chi connectivity index (χ3n) is 11.0. The highest BCUT2D eigenvalue weighted by molar-refractivity contribution is 6.27. The second kappa shape index (κ2) is 12.2. The Balaban J connectivity index is 1.09. The van der Waals surface area contributed by atoms with Gasteiger partial charge in [-0.3, -0.25) is 0 Å². The Morgan fingerprint density at radius 1 is 0.241 bits per heavy atom. The third-order valence-corrected chi connectivity index (χ3v) is 11.0. The molecule has 0 saturated heterocycles. The summed E-state index contributed by atoms with van der Waals surface area (Å²) in [6, 6.07) is 69.9. The van der Waals surface area contributed by atoms with Gasteiger partial charge in [0, 0.05) is 21.9 Å². The average molecular weight is 685 g/mol. The van der Waals surface area contributed by atoms with Crippen LogP contribution in [0.1, 0.15) is 0 Å². The minimum atomic E-state index is 0.917. The molecule has 0 saturated carbocycles. The predicted octanol–water partition coefficient (Wildman–Crippen LogP) is 14.1. The molecule has 9 aromatic carbocycles. The van der Waals surface area contributed by atoms with Crippen molar-refractivity contribution in [3.8, 4) is 44.8 Å². The van der Waals surface area contributed by atoms with Gasteiger partial charge in [0.05, 0.1) is 22.4 Å². The minimum absolute atomic E-state index is 0.917. The second-order valence-electron chi connectivity index (χ2n) is 14.1. The molecule has 11 rings (SSSR count). The van der Waals surface area contributed by atoms with Crippen LogP contribution in [0.25, 0.3) is 110 Å². The molecule has 0 spiro atoms. The summed E-state index contributed by atoms with van der Waals surface area (Å²) >= 11 is 0. The van der Waals surface area contributed by atoms with Crippen LogP contribution in [0.15, 0.2) is 194 Å². The molecular formula is C52H32N2. The first-order chi connectivity index (χ1) is 26.8. The van der Waals surface area contributed by atoms with Crippen molar-refractivity contribution in [1.82, 2.24) is 9.97 Å². The van der Waals surface area contributed by atoms with Gasteiger partial charge in [0.1, 0.15) is 0 Å². The molecule has 2 aromatic heterocycles. The molecule has 0 amide bonds. The van der Waals surface area contributed by atoms with Gasteiger partial charge in [0.25, 0.3) is 0 Å². The van der Waals surface area contributed by atoms with Crippen molar-refractivity contribution in [1.29, 1.82) is 0 Å². The van der Waals surface area contributed by atoms with E-state index in [1.807, 2.05) is 6.07 Å². The summed E-state index contributed by atoms with van der Waals surface area (Å²) in [5, 5.41) is 12.2. The van der Waals surface area contributed by atoms with Crippen LogP contribution in [-0.4, -0.2) is 9.97 Å². The number of benzene rings is 9. The van der Waals surface area contributed by atoms with E-state index >= 15 is 0 Å². The van der Waals surface area contributed by atoms with Gasteiger partial charge in [0.2, 0.25) is 0 Å². The molecule has 2 heteroatoms. The van der Waals surface area contributed by atoms with Crippen LogP contribution < -0.4 is 0 Å². The fraction of sp³-hybridized carbons (Fsp3) is 0. The molecular weight excluding hydrogens is 653 g/mol. The van der Waals surface area contributed by atoms with Crippen molar-refractivity contribution in [2.24, 2.45) is 0 Å². The third kappa shape index (κ3) is 4.81. The highest BCUT2D eigenvalue weighted by atomic mass is 14.8. The van der Waals surface area contributed by atoms with Gasteiger partial charge in [-0.05, 0) is 83.5 Å². The molecule has 11 aromatic rings. The summed E-state index contributed by atoms with van der Waals surface area (Å²) in [4.78, 5) is 10.4. The maximum atomic E-state index is 5.24. The van der Waals surface area contributed by atoms with E-state index in [0.717, 1.165) is 44.3 Å². The molecule has 0 N–H and O–H groups in total. The Morgan fingerprint density at radius 3 is 1.13 bits per heavy atom. The number of hydrogen-bond acceptors (Lipinski definition) is 2. The van der Waals surface area contributed by atoms with E-state index < -0.39 is 0 Å². The summed E-state index contributed by atoms with van der Waals surface area (Å²) in [7, 11) is 0. The van der Waals surface area contributed by atoms with Crippen molar-refractivity contribution >= 4 is 64.9 Å². The van der Waals surface area contributed by atoms with Gasteiger partial charge in [-0.2, -0.15) is 0 Å². The van der Waals surface area contributed by atoms with Crippen LogP contribution in [-0.2, 0) is 0 Å². The summed E-state index contributed by atoms with van der Waals surface area (Å²) in [5.41, 5.74) is 10.9. The number of nitrogens with zero attached hydrogens (tertiary/aromatic N) is 2. The van der Waals surface area contributed by atoms with Crippen LogP contribution in [0.2, 0.25) is 0 Å². The topological polar surface area (TPSA) is 25.8 Å². The summed E-state index contributed by atoms with van der Waals surface area (Å²) in [6.07, 6.45) is 0. The maximum Gasteiger partial charge on any atom is 0.0972 e. The van der Waals surface area contributed by atoms with Crippen molar-refractivity contribution in [2.75, 3.05) is 0 Å². The molecule has 2 nitrogen and oxygen atoms in total. The molecule has 54 heavy (non-hydrogen) atoms. The first-order valence-corrected chi connectivity index (χ1v) is 18.5. The molecule has 250 valence electrons. The van der Waals surface area contributed by atoms with Crippen LogP contribution in [0, 0.1) is 0 Å². The molecule has 0 fully saturated rings. The van der Waals surface area contributed by atoms with Crippen LogP contribution in [0.4, 0.5) is 0 Å².